The zero-order valence-corrected chi connectivity index (χ0v) is 23.5. The van der Waals surface area contributed by atoms with Crippen molar-refractivity contribution in [2.45, 2.75) is 45.4 Å². The number of benzene rings is 1. The molecule has 3 aromatic heterocycles. The lowest BCUT2D eigenvalue weighted by atomic mass is 9.93. The number of ketones is 1. The van der Waals surface area contributed by atoms with Gasteiger partial charge in [0.15, 0.2) is 0 Å². The number of nitrogens with zero attached hydrogens (tertiary/aromatic N) is 4. The molecule has 208 valence electrons. The van der Waals surface area contributed by atoms with Gasteiger partial charge in [-0.15, -0.1) is 0 Å². The molecule has 0 atom stereocenters. The van der Waals surface area contributed by atoms with E-state index in [1.54, 1.807) is 0 Å². The number of fused-ring (bicyclic) bond motifs is 1. The molecule has 1 saturated heterocycles. The van der Waals surface area contributed by atoms with Crippen LogP contribution < -0.4 is 4.74 Å². The number of hydrogen-bond donors (Lipinski definition) is 0. The molecule has 0 N–H and O–H groups in total. The number of Topliss-reactive ketones (excluding diaryl/α,β-unsaturated/α-hetero) is 1. The Hall–Kier alpha value is -3.93. The zero-order chi connectivity index (χ0) is 28.0. The molecule has 0 bridgehead atoms. The molecular weight excluding hydrogens is 504 g/mol. The third-order valence-corrected chi connectivity index (χ3v) is 6.78. The van der Waals surface area contributed by atoms with E-state index in [9.17, 15) is 4.79 Å². The van der Waals surface area contributed by atoms with Crippen LogP contribution in [0.25, 0.3) is 5.65 Å². The molecule has 8 heteroatoms. The van der Waals surface area contributed by atoms with Gasteiger partial charge in [0.2, 0.25) is 0 Å². The first kappa shape index (κ1) is 27.6. The Morgan fingerprint density at radius 2 is 1.85 bits per heavy atom. The van der Waals surface area contributed by atoms with E-state index < -0.39 is 0 Å². The lowest BCUT2D eigenvalue weighted by molar-refractivity contribution is -0.117. The number of hydrogen-bond acceptors (Lipinski definition) is 7. The molecule has 0 spiro atoms. The average Bonchev–Trinajstić information content (AvgIpc) is 3.58. The topological polar surface area (TPSA) is 82.1 Å². The maximum atomic E-state index is 12.7. The van der Waals surface area contributed by atoms with Gasteiger partial charge in [0.1, 0.15) is 28.6 Å². The van der Waals surface area contributed by atoms with Crippen LogP contribution in [0.5, 0.6) is 5.75 Å². The van der Waals surface area contributed by atoms with Crippen LogP contribution in [0.4, 0.5) is 0 Å². The van der Waals surface area contributed by atoms with Crippen molar-refractivity contribution < 1.29 is 18.8 Å². The van der Waals surface area contributed by atoms with Crippen molar-refractivity contribution in [1.29, 1.82) is 0 Å². The van der Waals surface area contributed by atoms with Gasteiger partial charge in [0.25, 0.3) is 0 Å². The number of pyridine rings is 1. The summed E-state index contributed by atoms with van der Waals surface area (Å²) in [4.78, 5) is 19.7. The van der Waals surface area contributed by atoms with E-state index in [1.165, 1.54) is 0 Å². The van der Waals surface area contributed by atoms with Crippen LogP contribution >= 0.6 is 0 Å². The standard InChI is InChI=1S/C32H36N4O4/c1-32(2,3)30-22-27(34-40-30)21-28(37)19-25-11-13-36-23-26(33-31(36)20-25)8-5-24-6-9-29(10-7-24)39-16-4-12-35-14-17-38-18-15-35/h6-7,9-11,13,20,22-23H,4,12,14-19,21H2,1-3H3. The SMILES string of the molecule is CC(C)(C)c1cc(CC(=O)Cc2ccn3cc(C#Cc4ccc(OCCCN5CCOCC5)cc4)nc3c2)no1. The van der Waals surface area contributed by atoms with Crippen molar-refractivity contribution in [3.8, 4) is 17.6 Å². The Bertz CT molecular complexity index is 1500. The summed E-state index contributed by atoms with van der Waals surface area (Å²) in [5, 5.41) is 4.06. The number of rotatable bonds is 9. The fourth-order valence-corrected chi connectivity index (χ4v) is 4.51. The monoisotopic (exact) mass is 540 g/mol. The Balaban J connectivity index is 1.13. The van der Waals surface area contributed by atoms with Gasteiger partial charge in [-0.2, -0.15) is 0 Å². The molecule has 1 aliphatic heterocycles. The van der Waals surface area contributed by atoms with Gasteiger partial charge in [-0.3, -0.25) is 9.69 Å². The Kier molecular flexibility index (Phi) is 8.63. The van der Waals surface area contributed by atoms with E-state index in [-0.39, 0.29) is 17.6 Å². The van der Waals surface area contributed by atoms with Gasteiger partial charge in [0.05, 0.1) is 31.9 Å². The van der Waals surface area contributed by atoms with Gasteiger partial charge in [0, 0.05) is 55.5 Å². The van der Waals surface area contributed by atoms with Gasteiger partial charge < -0.3 is 18.4 Å². The number of imidazole rings is 1. The molecule has 1 aromatic carbocycles. The summed E-state index contributed by atoms with van der Waals surface area (Å²) in [7, 11) is 0. The van der Waals surface area contributed by atoms with E-state index in [2.05, 4.69) is 47.7 Å². The predicted octanol–water partition coefficient (Wildman–Crippen LogP) is 4.48. The summed E-state index contributed by atoms with van der Waals surface area (Å²) in [5.74, 6) is 8.02. The smallest absolute Gasteiger partial charge is 0.143 e. The van der Waals surface area contributed by atoms with Crippen molar-refractivity contribution >= 4 is 11.4 Å². The molecule has 0 radical (unpaired) electrons. The molecule has 0 saturated carbocycles. The second-order valence-electron chi connectivity index (χ2n) is 11.2. The van der Waals surface area contributed by atoms with Crippen molar-refractivity contribution in [1.82, 2.24) is 19.4 Å². The van der Waals surface area contributed by atoms with Crippen molar-refractivity contribution in [2.75, 3.05) is 39.5 Å². The fourth-order valence-electron chi connectivity index (χ4n) is 4.51. The fraction of sp³-hybridized carbons (Fsp3) is 0.406. The molecule has 0 aliphatic carbocycles. The largest absolute Gasteiger partial charge is 0.494 e. The molecule has 5 rings (SSSR count). The quantitative estimate of drug-likeness (QED) is 0.229. The predicted molar refractivity (Wildman–Crippen MR) is 153 cm³/mol. The number of morpholine rings is 1. The average molecular weight is 541 g/mol. The summed E-state index contributed by atoms with van der Waals surface area (Å²) in [5.41, 5.74) is 3.75. The summed E-state index contributed by atoms with van der Waals surface area (Å²) < 4.78 is 18.6. The van der Waals surface area contributed by atoms with E-state index in [1.807, 2.05) is 59.3 Å². The lowest BCUT2D eigenvalue weighted by Gasteiger charge is -2.26. The van der Waals surface area contributed by atoms with Crippen molar-refractivity contribution in [3.05, 3.63) is 83.1 Å². The summed E-state index contributed by atoms with van der Waals surface area (Å²) in [6, 6.07) is 13.6. The van der Waals surface area contributed by atoms with Crippen molar-refractivity contribution in [3.63, 3.8) is 0 Å². The van der Waals surface area contributed by atoms with E-state index >= 15 is 0 Å². The van der Waals surface area contributed by atoms with Gasteiger partial charge >= 0.3 is 0 Å². The van der Waals surface area contributed by atoms with Crippen LogP contribution in [0.15, 0.2) is 59.4 Å². The van der Waals surface area contributed by atoms with Crippen LogP contribution in [0.3, 0.4) is 0 Å². The molecule has 4 aromatic rings. The number of ether oxygens (including phenoxy) is 2. The Labute approximate surface area is 235 Å². The number of aromatic nitrogens is 3. The minimum atomic E-state index is -0.137. The normalized spacial score (nSPS) is 14.2. The van der Waals surface area contributed by atoms with Crippen LogP contribution in [0, 0.1) is 11.8 Å². The zero-order valence-electron chi connectivity index (χ0n) is 23.5. The first-order valence-electron chi connectivity index (χ1n) is 13.8. The van der Waals surface area contributed by atoms with Crippen LogP contribution in [-0.2, 0) is 27.8 Å². The first-order valence-corrected chi connectivity index (χ1v) is 13.8. The molecule has 4 heterocycles. The molecule has 1 aliphatic rings. The summed E-state index contributed by atoms with van der Waals surface area (Å²) >= 11 is 0. The second-order valence-corrected chi connectivity index (χ2v) is 11.2. The number of carbonyl (C=O) groups is 1. The van der Waals surface area contributed by atoms with Gasteiger partial charge in [-0.25, -0.2) is 4.98 Å². The van der Waals surface area contributed by atoms with E-state index in [0.29, 0.717) is 24.4 Å². The first-order chi connectivity index (χ1) is 19.3. The minimum absolute atomic E-state index is 0.0780. The third-order valence-electron chi connectivity index (χ3n) is 6.78. The van der Waals surface area contributed by atoms with Crippen molar-refractivity contribution in [2.24, 2.45) is 0 Å². The highest BCUT2D eigenvalue weighted by Gasteiger charge is 2.20. The molecule has 40 heavy (non-hydrogen) atoms. The second kappa shape index (κ2) is 12.5. The summed E-state index contributed by atoms with van der Waals surface area (Å²) in [6.45, 7) is 11.5. The van der Waals surface area contributed by atoms with E-state index in [4.69, 9.17) is 14.0 Å². The van der Waals surface area contributed by atoms with Crippen LogP contribution in [0.1, 0.15) is 55.5 Å². The number of carbonyl (C=O) groups excluding carboxylic acids is 1. The summed E-state index contributed by atoms with van der Waals surface area (Å²) in [6.07, 6.45) is 5.35. The van der Waals surface area contributed by atoms with Crippen LogP contribution in [-0.4, -0.2) is 64.7 Å². The molecular formula is C32H36N4O4. The molecule has 0 unspecified atom stereocenters. The maximum Gasteiger partial charge on any atom is 0.143 e. The van der Waals surface area contributed by atoms with Gasteiger partial charge in [-0.05, 0) is 54.3 Å². The maximum absolute atomic E-state index is 12.7. The third kappa shape index (κ3) is 7.59. The molecule has 0 amide bonds. The van der Waals surface area contributed by atoms with Crippen LogP contribution in [0.2, 0.25) is 0 Å². The highest BCUT2D eigenvalue weighted by molar-refractivity contribution is 5.83. The Morgan fingerprint density at radius 1 is 1.05 bits per heavy atom. The van der Waals surface area contributed by atoms with E-state index in [0.717, 1.165) is 67.6 Å². The lowest BCUT2D eigenvalue weighted by Crippen LogP contribution is -2.37. The molecule has 1 fully saturated rings. The minimum Gasteiger partial charge on any atom is -0.494 e. The van der Waals surface area contributed by atoms with Gasteiger partial charge in [-0.1, -0.05) is 31.8 Å². The highest BCUT2D eigenvalue weighted by atomic mass is 16.5. The highest BCUT2D eigenvalue weighted by Crippen LogP contribution is 2.23. The Morgan fingerprint density at radius 3 is 2.60 bits per heavy atom. The molecule has 8 nitrogen and oxygen atoms in total.